The fourth-order valence-corrected chi connectivity index (χ4v) is 3.49. The molecule has 0 spiro atoms. The van der Waals surface area contributed by atoms with Crippen LogP contribution in [-0.4, -0.2) is 43.7 Å². The number of nitrogen functional groups attached to an aromatic ring is 1. The van der Waals surface area contributed by atoms with Crippen molar-refractivity contribution in [2.45, 2.75) is 6.54 Å². The summed E-state index contributed by atoms with van der Waals surface area (Å²) in [5, 5.41) is 17.1. The first kappa shape index (κ1) is 22.4. The Labute approximate surface area is 193 Å². The van der Waals surface area contributed by atoms with Crippen molar-refractivity contribution in [3.8, 4) is 17.0 Å². The third-order valence-corrected chi connectivity index (χ3v) is 5.12. The SMILES string of the molecule is C=C(NC=O)C(=O)N(CCn1nc(-c2ccc(F)c(O)c2)c2c(N)ncnc21)c1ccccc1. The average molecular weight is 461 g/mol. The van der Waals surface area contributed by atoms with Gasteiger partial charge in [0, 0.05) is 17.8 Å². The number of fused-ring (bicyclic) bond motifs is 1. The number of aromatic hydroxyl groups is 1. The summed E-state index contributed by atoms with van der Waals surface area (Å²) in [7, 11) is 0. The van der Waals surface area contributed by atoms with Crippen LogP contribution in [0, 0.1) is 5.82 Å². The lowest BCUT2D eigenvalue weighted by Crippen LogP contribution is -2.38. The number of nitrogens with one attached hydrogen (secondary N) is 1. The Balaban J connectivity index is 1.73. The quantitative estimate of drug-likeness (QED) is 0.270. The second-order valence-corrected chi connectivity index (χ2v) is 7.23. The van der Waals surface area contributed by atoms with Crippen molar-refractivity contribution in [3.63, 3.8) is 0 Å². The molecule has 34 heavy (non-hydrogen) atoms. The number of para-hydroxylation sites is 1. The number of nitrogens with two attached hydrogens (primary N) is 1. The number of rotatable bonds is 8. The molecule has 2 amide bonds. The molecule has 2 heterocycles. The maximum atomic E-state index is 13.6. The number of nitrogens with zero attached hydrogens (tertiary/aromatic N) is 5. The van der Waals surface area contributed by atoms with E-state index in [-0.39, 0.29) is 24.6 Å². The summed E-state index contributed by atoms with van der Waals surface area (Å²) in [5.74, 6) is -1.63. The van der Waals surface area contributed by atoms with Crippen LogP contribution in [0.15, 0.2) is 67.1 Å². The average Bonchev–Trinajstić information content (AvgIpc) is 3.21. The van der Waals surface area contributed by atoms with E-state index < -0.39 is 17.5 Å². The van der Waals surface area contributed by atoms with E-state index >= 15 is 0 Å². The van der Waals surface area contributed by atoms with E-state index in [2.05, 4.69) is 27.0 Å². The molecule has 4 rings (SSSR count). The topological polar surface area (TPSA) is 139 Å². The highest BCUT2D eigenvalue weighted by Crippen LogP contribution is 2.32. The van der Waals surface area contributed by atoms with Crippen LogP contribution in [0.1, 0.15) is 0 Å². The minimum absolute atomic E-state index is 0.0850. The zero-order chi connectivity index (χ0) is 24.2. The smallest absolute Gasteiger partial charge is 0.274 e. The van der Waals surface area contributed by atoms with Crippen LogP contribution >= 0.6 is 0 Å². The molecule has 0 bridgehead atoms. The zero-order valence-corrected chi connectivity index (χ0v) is 17.8. The maximum absolute atomic E-state index is 13.6. The fourth-order valence-electron chi connectivity index (χ4n) is 3.49. The molecular formula is C23H20FN7O3. The van der Waals surface area contributed by atoms with E-state index in [1.165, 1.54) is 23.4 Å². The Bertz CT molecular complexity index is 1390. The van der Waals surface area contributed by atoms with Gasteiger partial charge in [-0.3, -0.25) is 9.59 Å². The predicted octanol–water partition coefficient (Wildman–Crippen LogP) is 2.21. The lowest BCUT2D eigenvalue weighted by atomic mass is 10.1. The Morgan fingerprint density at radius 2 is 2.00 bits per heavy atom. The minimum atomic E-state index is -0.766. The van der Waals surface area contributed by atoms with E-state index in [0.29, 0.717) is 34.4 Å². The van der Waals surface area contributed by atoms with E-state index in [1.54, 1.807) is 28.9 Å². The molecule has 4 aromatic rings. The van der Waals surface area contributed by atoms with Crippen molar-refractivity contribution in [1.82, 2.24) is 25.1 Å². The van der Waals surface area contributed by atoms with Crippen molar-refractivity contribution in [2.75, 3.05) is 17.2 Å². The van der Waals surface area contributed by atoms with Gasteiger partial charge in [-0.2, -0.15) is 5.10 Å². The van der Waals surface area contributed by atoms with E-state index in [0.717, 1.165) is 6.07 Å². The molecule has 0 saturated carbocycles. The lowest BCUT2D eigenvalue weighted by Gasteiger charge is -2.23. The third kappa shape index (κ3) is 4.26. The molecule has 0 aliphatic carbocycles. The summed E-state index contributed by atoms with van der Waals surface area (Å²) in [5.41, 5.74) is 7.77. The molecule has 0 atom stereocenters. The molecule has 10 nitrogen and oxygen atoms in total. The minimum Gasteiger partial charge on any atom is -0.505 e. The standard InChI is InChI=1S/C23H20FN7O3/c1-14(28-13-32)23(34)30(16-5-3-2-4-6-16)9-10-31-22-19(21(25)26-12-27-22)20(29-31)15-7-8-17(24)18(33)11-15/h2-8,11-13,33H,1,9-10H2,(H,28,32)(H2,25,26,27). The maximum Gasteiger partial charge on any atom is 0.274 e. The number of anilines is 2. The highest BCUT2D eigenvalue weighted by Gasteiger charge is 2.22. The second kappa shape index (κ2) is 9.36. The van der Waals surface area contributed by atoms with E-state index in [4.69, 9.17) is 5.73 Å². The van der Waals surface area contributed by atoms with Crippen molar-refractivity contribution >= 4 is 34.9 Å². The molecular weight excluding hydrogens is 441 g/mol. The van der Waals surface area contributed by atoms with Gasteiger partial charge >= 0.3 is 0 Å². The summed E-state index contributed by atoms with van der Waals surface area (Å²) in [6, 6.07) is 12.7. The first-order valence-electron chi connectivity index (χ1n) is 10.1. The van der Waals surface area contributed by atoms with Gasteiger partial charge in [0.2, 0.25) is 6.41 Å². The number of carbonyl (C=O) groups excluding carboxylic acids is 2. The van der Waals surface area contributed by atoms with Gasteiger partial charge in [0.15, 0.2) is 17.2 Å². The molecule has 172 valence electrons. The fraction of sp³-hybridized carbons (Fsp3) is 0.0870. The first-order valence-corrected chi connectivity index (χ1v) is 10.1. The van der Waals surface area contributed by atoms with Gasteiger partial charge in [-0.15, -0.1) is 0 Å². The number of phenols is 1. The Morgan fingerprint density at radius 1 is 1.24 bits per heavy atom. The van der Waals surface area contributed by atoms with Crippen LogP contribution in [0.5, 0.6) is 5.75 Å². The normalized spacial score (nSPS) is 10.7. The molecule has 0 aliphatic rings. The number of benzene rings is 2. The highest BCUT2D eigenvalue weighted by atomic mass is 19.1. The molecule has 4 N–H and O–H groups in total. The molecule has 0 fully saturated rings. The number of phenolic OH excluding ortho intramolecular Hbond substituents is 1. The Kier molecular flexibility index (Phi) is 6.17. The summed E-state index contributed by atoms with van der Waals surface area (Å²) < 4.78 is 15.1. The first-order chi connectivity index (χ1) is 16.4. The number of hydrogen-bond donors (Lipinski definition) is 3. The molecule has 0 unspecified atom stereocenters. The molecule has 0 aliphatic heterocycles. The molecule has 0 radical (unpaired) electrons. The lowest BCUT2D eigenvalue weighted by molar-refractivity contribution is -0.117. The van der Waals surface area contributed by atoms with Crippen LogP contribution in [0.25, 0.3) is 22.3 Å². The van der Waals surface area contributed by atoms with E-state index in [9.17, 15) is 19.1 Å². The zero-order valence-electron chi connectivity index (χ0n) is 17.8. The number of aromatic nitrogens is 4. The Hall–Kier alpha value is -4.80. The van der Waals surface area contributed by atoms with Crippen LogP contribution in [0.2, 0.25) is 0 Å². The van der Waals surface area contributed by atoms with Gasteiger partial charge in [-0.05, 0) is 30.3 Å². The van der Waals surface area contributed by atoms with Crippen molar-refractivity contribution in [2.24, 2.45) is 0 Å². The number of amides is 2. The number of halogens is 1. The molecule has 2 aromatic heterocycles. The van der Waals surface area contributed by atoms with Gasteiger partial charge < -0.3 is 21.1 Å². The largest absolute Gasteiger partial charge is 0.505 e. The predicted molar refractivity (Wildman–Crippen MR) is 124 cm³/mol. The van der Waals surface area contributed by atoms with Crippen LogP contribution < -0.4 is 16.0 Å². The monoisotopic (exact) mass is 461 g/mol. The van der Waals surface area contributed by atoms with Crippen molar-refractivity contribution in [3.05, 3.63) is 73.0 Å². The summed E-state index contributed by atoms with van der Waals surface area (Å²) in [4.78, 5) is 33.5. The van der Waals surface area contributed by atoms with Gasteiger partial charge in [0.25, 0.3) is 5.91 Å². The van der Waals surface area contributed by atoms with Crippen LogP contribution in [-0.2, 0) is 16.1 Å². The number of carbonyl (C=O) groups is 2. The van der Waals surface area contributed by atoms with Gasteiger partial charge in [0.05, 0.1) is 17.6 Å². The highest BCUT2D eigenvalue weighted by molar-refractivity contribution is 6.06. The van der Waals surface area contributed by atoms with Gasteiger partial charge in [0.1, 0.15) is 17.8 Å². The van der Waals surface area contributed by atoms with Crippen LogP contribution in [0.3, 0.4) is 0 Å². The Morgan fingerprint density at radius 3 is 2.71 bits per heavy atom. The molecule has 11 heteroatoms. The third-order valence-electron chi connectivity index (χ3n) is 5.12. The van der Waals surface area contributed by atoms with Crippen LogP contribution in [0.4, 0.5) is 15.9 Å². The summed E-state index contributed by atoms with van der Waals surface area (Å²) >= 11 is 0. The molecule has 2 aromatic carbocycles. The second-order valence-electron chi connectivity index (χ2n) is 7.23. The molecule has 0 saturated heterocycles. The summed E-state index contributed by atoms with van der Waals surface area (Å²) in [6.07, 6.45) is 1.67. The van der Waals surface area contributed by atoms with Gasteiger partial charge in [-0.25, -0.2) is 19.0 Å². The van der Waals surface area contributed by atoms with Crippen molar-refractivity contribution in [1.29, 1.82) is 0 Å². The van der Waals surface area contributed by atoms with Gasteiger partial charge in [-0.1, -0.05) is 24.8 Å². The van der Waals surface area contributed by atoms with E-state index in [1.807, 2.05) is 6.07 Å². The number of hydrogen-bond acceptors (Lipinski definition) is 7. The van der Waals surface area contributed by atoms with Crippen molar-refractivity contribution < 1.29 is 19.1 Å². The summed E-state index contributed by atoms with van der Waals surface area (Å²) in [6.45, 7) is 3.96.